The molecule has 1 aromatic heterocycles. The van der Waals surface area contributed by atoms with E-state index < -0.39 is 0 Å². The average molecular weight is 286 g/mol. The van der Waals surface area contributed by atoms with Crippen LogP contribution >= 0.6 is 15.9 Å². The van der Waals surface area contributed by atoms with Crippen molar-refractivity contribution in [3.05, 3.63) is 22.8 Å². The zero-order chi connectivity index (χ0) is 12.2. The van der Waals surface area contributed by atoms with Gasteiger partial charge in [0, 0.05) is 12.2 Å². The second-order valence-corrected chi connectivity index (χ2v) is 5.83. The second-order valence-electron chi connectivity index (χ2n) is 4.97. The van der Waals surface area contributed by atoms with Crippen molar-refractivity contribution in [2.45, 2.75) is 33.2 Å². The van der Waals surface area contributed by atoms with Gasteiger partial charge in [-0.3, -0.25) is 0 Å². The van der Waals surface area contributed by atoms with Gasteiger partial charge in [0.25, 0.3) is 0 Å². The fraction of sp³-hybridized carbons (Fsp3) is 0.583. The molecule has 3 nitrogen and oxygen atoms in total. The summed E-state index contributed by atoms with van der Waals surface area (Å²) < 4.78 is 0.987. The van der Waals surface area contributed by atoms with E-state index in [9.17, 15) is 0 Å². The lowest BCUT2D eigenvalue weighted by molar-refractivity contribution is 0.328. The number of hydrogen-bond donors (Lipinski definition) is 2. The minimum Gasteiger partial charge on any atom is -0.366 e. The maximum Gasteiger partial charge on any atom is 0.140 e. The van der Waals surface area contributed by atoms with Crippen molar-refractivity contribution >= 4 is 21.7 Å². The van der Waals surface area contributed by atoms with Gasteiger partial charge in [-0.1, -0.05) is 20.8 Å². The molecule has 0 aliphatic carbocycles. The molecular weight excluding hydrogens is 266 g/mol. The molecule has 3 N–H and O–H groups in total. The molecule has 1 rings (SSSR count). The lowest BCUT2D eigenvalue weighted by atomic mass is 9.85. The molecule has 1 aromatic rings. The summed E-state index contributed by atoms with van der Waals surface area (Å²) in [6, 6.07) is 4.21. The summed E-state index contributed by atoms with van der Waals surface area (Å²) in [6.45, 7) is 7.30. The first-order valence-electron chi connectivity index (χ1n) is 5.52. The van der Waals surface area contributed by atoms with Crippen LogP contribution in [0.1, 0.15) is 27.2 Å². The van der Waals surface area contributed by atoms with Gasteiger partial charge in [-0.25, -0.2) is 4.98 Å². The number of pyridine rings is 1. The predicted octanol–water partition coefficient (Wildman–Crippen LogP) is 3.02. The third-order valence-electron chi connectivity index (χ3n) is 2.57. The van der Waals surface area contributed by atoms with Crippen LogP contribution in [0.25, 0.3) is 0 Å². The molecule has 0 saturated carbocycles. The van der Waals surface area contributed by atoms with Gasteiger partial charge < -0.3 is 11.1 Å². The first kappa shape index (κ1) is 13.5. The summed E-state index contributed by atoms with van der Waals surface area (Å²) in [4.78, 5) is 4.32. The Kier molecular flexibility index (Phi) is 4.74. The summed E-state index contributed by atoms with van der Waals surface area (Å²) in [6.07, 6.45) is 2.72. The molecule has 0 saturated heterocycles. The zero-order valence-corrected chi connectivity index (χ0v) is 11.7. The molecule has 0 spiro atoms. The maximum absolute atomic E-state index is 5.65. The Bertz CT molecular complexity index is 333. The van der Waals surface area contributed by atoms with Crippen LogP contribution in [0, 0.1) is 5.41 Å². The van der Waals surface area contributed by atoms with Crippen molar-refractivity contribution in [2.75, 3.05) is 11.9 Å². The fourth-order valence-corrected chi connectivity index (χ4v) is 1.91. The standard InChI is InChI=1S/C12H20BrN3/c1-12(2,3)10(6-7-14)16-11-9(13)5-4-8-15-11/h4-5,8,10H,6-7,14H2,1-3H3,(H,15,16). The van der Waals surface area contributed by atoms with Crippen LogP contribution in [0.5, 0.6) is 0 Å². The molecule has 1 heterocycles. The van der Waals surface area contributed by atoms with Crippen molar-refractivity contribution in [1.29, 1.82) is 0 Å². The highest BCUT2D eigenvalue weighted by Crippen LogP contribution is 2.27. The highest BCUT2D eigenvalue weighted by molar-refractivity contribution is 9.10. The predicted molar refractivity (Wildman–Crippen MR) is 72.5 cm³/mol. The SMILES string of the molecule is CC(C)(C)C(CCN)Nc1ncccc1Br. The summed E-state index contributed by atoms with van der Waals surface area (Å²) in [7, 11) is 0. The summed E-state index contributed by atoms with van der Waals surface area (Å²) in [5.41, 5.74) is 5.81. The topological polar surface area (TPSA) is 50.9 Å². The van der Waals surface area contributed by atoms with E-state index in [1.807, 2.05) is 12.1 Å². The van der Waals surface area contributed by atoms with Gasteiger partial charge >= 0.3 is 0 Å². The minimum atomic E-state index is 0.163. The van der Waals surface area contributed by atoms with Gasteiger partial charge in [0.15, 0.2) is 0 Å². The smallest absolute Gasteiger partial charge is 0.140 e. The lowest BCUT2D eigenvalue weighted by Gasteiger charge is -2.32. The first-order valence-corrected chi connectivity index (χ1v) is 6.31. The van der Waals surface area contributed by atoms with E-state index >= 15 is 0 Å². The number of rotatable bonds is 4. The molecular formula is C12H20BrN3. The third kappa shape index (κ3) is 3.76. The normalized spacial score (nSPS) is 13.6. The van der Waals surface area contributed by atoms with Crippen LogP contribution in [0.2, 0.25) is 0 Å². The number of hydrogen-bond acceptors (Lipinski definition) is 3. The van der Waals surface area contributed by atoms with Crippen LogP contribution in [0.15, 0.2) is 22.8 Å². The zero-order valence-electron chi connectivity index (χ0n) is 10.1. The number of anilines is 1. The van der Waals surface area contributed by atoms with Gasteiger partial charge in [0.1, 0.15) is 5.82 Å². The van der Waals surface area contributed by atoms with Crippen molar-refractivity contribution in [3.63, 3.8) is 0 Å². The van der Waals surface area contributed by atoms with Gasteiger partial charge in [0.05, 0.1) is 4.47 Å². The molecule has 90 valence electrons. The molecule has 16 heavy (non-hydrogen) atoms. The molecule has 0 radical (unpaired) electrons. The molecule has 0 aliphatic rings. The summed E-state index contributed by atoms with van der Waals surface area (Å²) in [5.74, 6) is 0.885. The van der Waals surface area contributed by atoms with E-state index in [4.69, 9.17) is 5.73 Å². The van der Waals surface area contributed by atoms with Crippen LogP contribution in [-0.2, 0) is 0 Å². The van der Waals surface area contributed by atoms with Gasteiger partial charge in [-0.2, -0.15) is 0 Å². The van der Waals surface area contributed by atoms with E-state index in [1.54, 1.807) is 6.20 Å². The van der Waals surface area contributed by atoms with E-state index in [-0.39, 0.29) is 5.41 Å². The van der Waals surface area contributed by atoms with Crippen molar-refractivity contribution in [2.24, 2.45) is 11.1 Å². The summed E-state index contributed by atoms with van der Waals surface area (Å²) in [5, 5.41) is 3.45. The van der Waals surface area contributed by atoms with Crippen LogP contribution in [0.4, 0.5) is 5.82 Å². The summed E-state index contributed by atoms with van der Waals surface area (Å²) >= 11 is 3.49. The van der Waals surface area contributed by atoms with Crippen molar-refractivity contribution in [1.82, 2.24) is 4.98 Å². The Morgan fingerprint density at radius 3 is 2.69 bits per heavy atom. The Morgan fingerprint density at radius 2 is 2.19 bits per heavy atom. The van der Waals surface area contributed by atoms with Gasteiger partial charge in [-0.15, -0.1) is 0 Å². The number of halogens is 1. The quantitative estimate of drug-likeness (QED) is 0.894. The first-order chi connectivity index (χ1) is 7.45. The number of nitrogens with one attached hydrogen (secondary N) is 1. The molecule has 0 bridgehead atoms. The third-order valence-corrected chi connectivity index (χ3v) is 3.21. The van der Waals surface area contributed by atoms with Crippen LogP contribution in [-0.4, -0.2) is 17.6 Å². The van der Waals surface area contributed by atoms with Gasteiger partial charge in [0.2, 0.25) is 0 Å². The molecule has 4 heteroatoms. The fourth-order valence-electron chi connectivity index (χ4n) is 1.55. The molecule has 0 fully saturated rings. The Labute approximate surface area is 106 Å². The van der Waals surface area contributed by atoms with Crippen LogP contribution in [0.3, 0.4) is 0 Å². The largest absolute Gasteiger partial charge is 0.366 e. The number of nitrogens with two attached hydrogens (primary N) is 1. The molecule has 1 atom stereocenters. The maximum atomic E-state index is 5.65. The van der Waals surface area contributed by atoms with Crippen LogP contribution < -0.4 is 11.1 Å². The van der Waals surface area contributed by atoms with Crippen molar-refractivity contribution in [3.8, 4) is 0 Å². The van der Waals surface area contributed by atoms with E-state index in [0.29, 0.717) is 12.6 Å². The minimum absolute atomic E-state index is 0.163. The van der Waals surface area contributed by atoms with E-state index in [2.05, 4.69) is 47.0 Å². The lowest BCUT2D eigenvalue weighted by Crippen LogP contribution is -2.36. The Morgan fingerprint density at radius 1 is 1.50 bits per heavy atom. The number of nitrogens with zero attached hydrogens (tertiary/aromatic N) is 1. The molecule has 0 amide bonds. The van der Waals surface area contributed by atoms with E-state index in [1.165, 1.54) is 0 Å². The Balaban J connectivity index is 2.80. The van der Waals surface area contributed by atoms with E-state index in [0.717, 1.165) is 16.7 Å². The van der Waals surface area contributed by atoms with Gasteiger partial charge in [-0.05, 0) is 46.4 Å². The molecule has 0 aliphatic heterocycles. The molecule has 0 aromatic carbocycles. The Hall–Kier alpha value is -0.610. The molecule has 1 unspecified atom stereocenters. The average Bonchev–Trinajstić information content (AvgIpc) is 2.19. The monoisotopic (exact) mass is 285 g/mol. The second kappa shape index (κ2) is 5.64. The highest BCUT2D eigenvalue weighted by Gasteiger charge is 2.24. The highest BCUT2D eigenvalue weighted by atomic mass is 79.9. The van der Waals surface area contributed by atoms with Crippen molar-refractivity contribution < 1.29 is 0 Å². The number of aromatic nitrogens is 1.